The molecule has 0 saturated carbocycles. The number of aromatic nitrogens is 1. The molecule has 3 rings (SSSR count). The summed E-state index contributed by atoms with van der Waals surface area (Å²) in [5.74, 6) is 0.496. The van der Waals surface area contributed by atoms with Gasteiger partial charge in [-0.2, -0.15) is 0 Å². The van der Waals surface area contributed by atoms with Crippen LogP contribution in [0.4, 0.5) is 5.13 Å². The van der Waals surface area contributed by atoms with E-state index in [1.165, 1.54) is 17.4 Å². The highest BCUT2D eigenvalue weighted by molar-refractivity contribution is 7.14. The van der Waals surface area contributed by atoms with Gasteiger partial charge in [-0.3, -0.25) is 10.1 Å². The van der Waals surface area contributed by atoms with Crippen molar-refractivity contribution < 1.29 is 9.53 Å². The van der Waals surface area contributed by atoms with Gasteiger partial charge in [0, 0.05) is 27.6 Å². The van der Waals surface area contributed by atoms with Crippen molar-refractivity contribution in [3.63, 3.8) is 0 Å². The normalized spacial score (nSPS) is 11.0. The topological polar surface area (TPSA) is 51.2 Å². The molecule has 0 aliphatic rings. The van der Waals surface area contributed by atoms with Gasteiger partial charge in [0.25, 0.3) is 0 Å². The third-order valence-electron chi connectivity index (χ3n) is 4.03. The standard InChI is InChI=1S/C22H20Cl2N2O2S/c1-2-3-12-28-20-7-5-4-6-15(20)8-11-21(27)26-22-25-19(14-29-22)17-10-9-16(23)13-18(17)24/h4-11,13-14H,2-3,12H2,1H3,(H,25,26,27)/b11-8+. The van der Waals surface area contributed by atoms with Gasteiger partial charge in [0.2, 0.25) is 5.91 Å². The van der Waals surface area contributed by atoms with Crippen LogP contribution in [0.15, 0.2) is 53.9 Å². The molecule has 3 aromatic rings. The molecule has 29 heavy (non-hydrogen) atoms. The highest BCUT2D eigenvalue weighted by Crippen LogP contribution is 2.32. The van der Waals surface area contributed by atoms with Gasteiger partial charge in [0.05, 0.1) is 17.3 Å². The van der Waals surface area contributed by atoms with Crippen LogP contribution in [-0.2, 0) is 4.79 Å². The Bertz CT molecular complexity index is 1020. The molecule has 2 aromatic carbocycles. The summed E-state index contributed by atoms with van der Waals surface area (Å²) in [6, 6.07) is 12.9. The summed E-state index contributed by atoms with van der Waals surface area (Å²) < 4.78 is 5.78. The van der Waals surface area contributed by atoms with E-state index in [-0.39, 0.29) is 5.91 Å². The maximum Gasteiger partial charge on any atom is 0.250 e. The van der Waals surface area contributed by atoms with Crippen LogP contribution in [0.2, 0.25) is 10.0 Å². The van der Waals surface area contributed by atoms with Gasteiger partial charge in [-0.1, -0.05) is 54.7 Å². The highest BCUT2D eigenvalue weighted by atomic mass is 35.5. The third kappa shape index (κ3) is 6.07. The molecule has 7 heteroatoms. The molecule has 0 aliphatic carbocycles. The minimum Gasteiger partial charge on any atom is -0.493 e. The number of carbonyl (C=O) groups is 1. The Morgan fingerprint density at radius 2 is 2.07 bits per heavy atom. The van der Waals surface area contributed by atoms with Crippen molar-refractivity contribution >= 4 is 51.7 Å². The first-order valence-electron chi connectivity index (χ1n) is 9.18. The summed E-state index contributed by atoms with van der Waals surface area (Å²) in [5, 5.41) is 6.18. The van der Waals surface area contributed by atoms with Crippen molar-refractivity contribution in [2.24, 2.45) is 0 Å². The summed E-state index contributed by atoms with van der Waals surface area (Å²) in [5.41, 5.74) is 2.30. The fraction of sp³-hybridized carbons (Fsp3) is 0.182. The summed E-state index contributed by atoms with van der Waals surface area (Å²) in [4.78, 5) is 16.7. The lowest BCUT2D eigenvalue weighted by molar-refractivity contribution is -0.111. The molecule has 0 radical (unpaired) electrons. The number of anilines is 1. The van der Waals surface area contributed by atoms with Gasteiger partial charge >= 0.3 is 0 Å². The van der Waals surface area contributed by atoms with Crippen LogP contribution in [0, 0.1) is 0 Å². The Kier molecular flexibility index (Phi) is 7.69. The maximum absolute atomic E-state index is 12.3. The van der Waals surface area contributed by atoms with Gasteiger partial charge in [-0.05, 0) is 36.8 Å². The molecule has 150 valence electrons. The number of hydrogen-bond donors (Lipinski definition) is 1. The third-order valence-corrected chi connectivity index (χ3v) is 5.34. The minimum atomic E-state index is -0.267. The molecule has 0 fully saturated rings. The highest BCUT2D eigenvalue weighted by Gasteiger charge is 2.10. The van der Waals surface area contributed by atoms with Gasteiger partial charge in [-0.25, -0.2) is 4.98 Å². The molecule has 0 saturated heterocycles. The lowest BCUT2D eigenvalue weighted by atomic mass is 10.2. The number of carbonyl (C=O) groups excluding carboxylic acids is 1. The van der Waals surface area contributed by atoms with Crippen LogP contribution < -0.4 is 10.1 Å². The van der Waals surface area contributed by atoms with Crippen LogP contribution >= 0.6 is 34.5 Å². The number of ether oxygens (including phenoxy) is 1. The molecule has 1 aromatic heterocycles. The number of para-hydroxylation sites is 1. The van der Waals surface area contributed by atoms with E-state index in [0.29, 0.717) is 27.5 Å². The van der Waals surface area contributed by atoms with E-state index in [2.05, 4.69) is 17.2 Å². The maximum atomic E-state index is 12.3. The van der Waals surface area contributed by atoms with E-state index >= 15 is 0 Å². The average Bonchev–Trinajstić information content (AvgIpc) is 3.15. The molecule has 0 atom stereocenters. The molecule has 0 aliphatic heterocycles. The summed E-state index contributed by atoms with van der Waals surface area (Å²) in [6.45, 7) is 2.77. The van der Waals surface area contributed by atoms with Crippen LogP contribution in [0.25, 0.3) is 17.3 Å². The monoisotopic (exact) mass is 446 g/mol. The smallest absolute Gasteiger partial charge is 0.250 e. The van der Waals surface area contributed by atoms with Gasteiger partial charge < -0.3 is 4.74 Å². The quantitative estimate of drug-likeness (QED) is 0.300. The number of nitrogens with zero attached hydrogens (tertiary/aromatic N) is 1. The number of nitrogens with one attached hydrogen (secondary N) is 1. The van der Waals surface area contributed by atoms with Crippen molar-refractivity contribution in [2.75, 3.05) is 11.9 Å². The van der Waals surface area contributed by atoms with Crippen LogP contribution in [0.1, 0.15) is 25.3 Å². The number of rotatable bonds is 8. The van der Waals surface area contributed by atoms with E-state index < -0.39 is 0 Å². The zero-order valence-electron chi connectivity index (χ0n) is 15.8. The number of halogens is 2. The fourth-order valence-electron chi connectivity index (χ4n) is 2.54. The number of unbranched alkanes of at least 4 members (excludes halogenated alkanes) is 1. The zero-order chi connectivity index (χ0) is 20.6. The Morgan fingerprint density at radius 3 is 2.86 bits per heavy atom. The first-order chi connectivity index (χ1) is 14.1. The number of thiazole rings is 1. The summed E-state index contributed by atoms with van der Waals surface area (Å²) in [7, 11) is 0. The SMILES string of the molecule is CCCCOc1ccccc1/C=C/C(=O)Nc1nc(-c2ccc(Cl)cc2Cl)cs1. The van der Waals surface area contributed by atoms with E-state index in [0.717, 1.165) is 29.7 Å². The largest absolute Gasteiger partial charge is 0.493 e. The number of benzene rings is 2. The Balaban J connectivity index is 1.65. The molecule has 0 spiro atoms. The second-order valence-electron chi connectivity index (χ2n) is 6.22. The van der Waals surface area contributed by atoms with E-state index in [1.54, 1.807) is 24.3 Å². The summed E-state index contributed by atoms with van der Waals surface area (Å²) >= 11 is 13.5. The Hall–Kier alpha value is -2.34. The first-order valence-corrected chi connectivity index (χ1v) is 10.8. The first kappa shape index (κ1) is 21.4. The average molecular weight is 447 g/mol. The van der Waals surface area contributed by atoms with Gasteiger partial charge in [-0.15, -0.1) is 11.3 Å². The lowest BCUT2D eigenvalue weighted by Gasteiger charge is -2.08. The summed E-state index contributed by atoms with van der Waals surface area (Å²) in [6.07, 6.45) is 5.26. The lowest BCUT2D eigenvalue weighted by Crippen LogP contribution is -2.07. The molecule has 1 heterocycles. The molecule has 0 unspecified atom stereocenters. The van der Waals surface area contributed by atoms with E-state index in [1.807, 2.05) is 29.6 Å². The molecule has 0 bridgehead atoms. The van der Waals surface area contributed by atoms with Crippen molar-refractivity contribution in [2.45, 2.75) is 19.8 Å². The minimum absolute atomic E-state index is 0.267. The van der Waals surface area contributed by atoms with Crippen molar-refractivity contribution in [1.29, 1.82) is 0 Å². The fourth-order valence-corrected chi connectivity index (χ4v) is 3.76. The molecular weight excluding hydrogens is 427 g/mol. The van der Waals surface area contributed by atoms with Gasteiger partial charge in [0.15, 0.2) is 5.13 Å². The van der Waals surface area contributed by atoms with Crippen LogP contribution in [-0.4, -0.2) is 17.5 Å². The van der Waals surface area contributed by atoms with Gasteiger partial charge in [0.1, 0.15) is 5.75 Å². The Morgan fingerprint density at radius 1 is 1.24 bits per heavy atom. The predicted molar refractivity (Wildman–Crippen MR) is 122 cm³/mol. The van der Waals surface area contributed by atoms with Crippen LogP contribution in [0.5, 0.6) is 5.75 Å². The molecule has 1 amide bonds. The van der Waals surface area contributed by atoms with Crippen LogP contribution in [0.3, 0.4) is 0 Å². The second kappa shape index (κ2) is 10.4. The Labute approximate surface area is 184 Å². The second-order valence-corrected chi connectivity index (χ2v) is 7.93. The zero-order valence-corrected chi connectivity index (χ0v) is 18.2. The van der Waals surface area contributed by atoms with Crippen molar-refractivity contribution in [3.8, 4) is 17.0 Å². The molecule has 1 N–H and O–H groups in total. The number of amides is 1. The van der Waals surface area contributed by atoms with E-state index in [4.69, 9.17) is 27.9 Å². The predicted octanol–water partition coefficient (Wildman–Crippen LogP) is 6.95. The van der Waals surface area contributed by atoms with Crippen molar-refractivity contribution in [1.82, 2.24) is 4.98 Å². The number of hydrogen-bond acceptors (Lipinski definition) is 4. The molecule has 4 nitrogen and oxygen atoms in total. The van der Waals surface area contributed by atoms with Crippen molar-refractivity contribution in [3.05, 3.63) is 69.5 Å². The van der Waals surface area contributed by atoms with E-state index in [9.17, 15) is 4.79 Å². The molecular formula is C22H20Cl2N2O2S.